The summed E-state index contributed by atoms with van der Waals surface area (Å²) < 4.78 is 12.2. The van der Waals surface area contributed by atoms with Gasteiger partial charge in [0.15, 0.2) is 11.4 Å². The largest absolute Gasteiger partial charge is 0.372 e. The van der Waals surface area contributed by atoms with Gasteiger partial charge in [0, 0.05) is 5.92 Å². The van der Waals surface area contributed by atoms with Crippen LogP contribution >= 0.6 is 0 Å². The van der Waals surface area contributed by atoms with Crippen molar-refractivity contribution in [3.8, 4) is 0 Å². The monoisotopic (exact) mass is 310 g/mol. The maximum atomic E-state index is 12.8. The topological polar surface area (TPSA) is 38.8 Å². The third-order valence-electron chi connectivity index (χ3n) is 6.53. The fraction of sp³-hybridized carbons (Fsp3) is 0.550. The van der Waals surface area contributed by atoms with Crippen LogP contribution in [0.3, 0.4) is 0 Å². The van der Waals surface area contributed by atoms with E-state index in [0.29, 0.717) is 24.9 Å². The molecule has 2 spiro atoms. The quantitative estimate of drug-likeness (QED) is 0.635. The number of rotatable bonds is 3. The van der Waals surface area contributed by atoms with E-state index in [0.717, 1.165) is 12.8 Å². The van der Waals surface area contributed by atoms with Crippen LogP contribution in [0.25, 0.3) is 0 Å². The second-order valence-electron chi connectivity index (χ2n) is 7.53. The molecule has 1 aromatic rings. The summed E-state index contributed by atoms with van der Waals surface area (Å²) in [6.07, 6.45) is 8.93. The van der Waals surface area contributed by atoms with Crippen molar-refractivity contribution < 1.29 is 14.3 Å². The van der Waals surface area contributed by atoms with E-state index < -0.39 is 5.60 Å². The number of carbonyl (C=O) groups is 1. The van der Waals surface area contributed by atoms with E-state index in [1.54, 1.807) is 0 Å². The lowest BCUT2D eigenvalue weighted by molar-refractivity contribution is -0.165. The van der Waals surface area contributed by atoms with E-state index in [4.69, 9.17) is 9.47 Å². The number of hydrogen-bond donors (Lipinski definition) is 0. The van der Waals surface area contributed by atoms with E-state index in [9.17, 15) is 4.79 Å². The highest BCUT2D eigenvalue weighted by atomic mass is 16.6. The Bertz CT molecular complexity index is 661. The highest BCUT2D eigenvalue weighted by molar-refractivity contribution is 5.97. The molecule has 1 saturated heterocycles. The molecule has 3 heteroatoms. The van der Waals surface area contributed by atoms with Crippen LogP contribution in [0.1, 0.15) is 31.2 Å². The second-order valence-corrected chi connectivity index (χ2v) is 7.53. The smallest absolute Gasteiger partial charge is 0.174 e. The molecule has 6 rings (SSSR count). The summed E-state index contributed by atoms with van der Waals surface area (Å²) in [4.78, 5) is 12.8. The SMILES string of the molecule is O=C1[C@H]2C=C[C@]3([C@H](CCC[C@H]3OCc3ccccc3)C2)C12CO2. The van der Waals surface area contributed by atoms with Crippen molar-refractivity contribution in [2.75, 3.05) is 6.61 Å². The number of allylic oxidation sites excluding steroid dienone is 1. The Balaban J connectivity index is 1.48. The van der Waals surface area contributed by atoms with Crippen molar-refractivity contribution in [3.05, 3.63) is 48.0 Å². The minimum atomic E-state index is -0.558. The molecule has 5 aliphatic rings. The van der Waals surface area contributed by atoms with Crippen LogP contribution < -0.4 is 0 Å². The highest BCUT2D eigenvalue weighted by Gasteiger charge is 2.75. The van der Waals surface area contributed by atoms with Crippen molar-refractivity contribution in [3.63, 3.8) is 0 Å². The van der Waals surface area contributed by atoms with E-state index in [1.807, 2.05) is 18.2 Å². The molecule has 0 aromatic heterocycles. The van der Waals surface area contributed by atoms with Gasteiger partial charge in [0.2, 0.25) is 0 Å². The third kappa shape index (κ3) is 1.75. The highest BCUT2D eigenvalue weighted by Crippen LogP contribution is 2.66. The molecule has 120 valence electrons. The van der Waals surface area contributed by atoms with E-state index >= 15 is 0 Å². The lowest BCUT2D eigenvalue weighted by Crippen LogP contribution is -2.64. The van der Waals surface area contributed by atoms with Crippen molar-refractivity contribution in [1.82, 2.24) is 0 Å². The van der Waals surface area contributed by atoms with Crippen molar-refractivity contribution in [2.45, 2.75) is 44.0 Å². The minimum absolute atomic E-state index is 0.0808. The van der Waals surface area contributed by atoms with Crippen LogP contribution in [-0.2, 0) is 20.9 Å². The van der Waals surface area contributed by atoms with E-state index in [-0.39, 0.29) is 17.4 Å². The number of epoxide rings is 1. The van der Waals surface area contributed by atoms with Gasteiger partial charge in [-0.3, -0.25) is 4.79 Å². The van der Waals surface area contributed by atoms with Gasteiger partial charge in [-0.2, -0.15) is 0 Å². The molecule has 0 radical (unpaired) electrons. The van der Waals surface area contributed by atoms with Gasteiger partial charge in [-0.1, -0.05) is 48.9 Å². The Hall–Kier alpha value is -1.45. The molecule has 1 unspecified atom stereocenters. The lowest BCUT2D eigenvalue weighted by atomic mass is 9.47. The molecule has 3 fully saturated rings. The fourth-order valence-electron chi connectivity index (χ4n) is 5.40. The zero-order chi connectivity index (χ0) is 15.5. The standard InChI is InChI=1S/C20H22O3/c21-18-15-9-10-19(20(18)13-23-20)16(11-15)7-4-8-17(19)22-12-14-5-2-1-3-6-14/h1-3,5-6,9-10,15-17H,4,7-8,11-13H2/t15-,16+,17+,19+,20?/m0/s1. The Morgan fingerprint density at radius 1 is 1.22 bits per heavy atom. The van der Waals surface area contributed by atoms with Gasteiger partial charge in [0.25, 0.3) is 0 Å². The summed E-state index contributed by atoms with van der Waals surface area (Å²) >= 11 is 0. The Morgan fingerprint density at radius 3 is 2.83 bits per heavy atom. The van der Waals surface area contributed by atoms with Gasteiger partial charge in [-0.25, -0.2) is 0 Å². The first-order valence-corrected chi connectivity index (χ1v) is 8.79. The predicted octanol–water partition coefficient (Wildman–Crippen LogP) is 3.29. The number of benzene rings is 1. The molecule has 4 aliphatic carbocycles. The molecule has 1 aliphatic heterocycles. The summed E-state index contributed by atoms with van der Waals surface area (Å²) in [7, 11) is 0. The van der Waals surface area contributed by atoms with Gasteiger partial charge in [-0.05, 0) is 30.7 Å². The summed E-state index contributed by atoms with van der Waals surface area (Å²) in [6, 6.07) is 10.3. The Morgan fingerprint density at radius 2 is 2.04 bits per heavy atom. The first kappa shape index (κ1) is 13.9. The maximum Gasteiger partial charge on any atom is 0.174 e. The van der Waals surface area contributed by atoms with E-state index in [1.165, 1.54) is 18.4 Å². The molecule has 23 heavy (non-hydrogen) atoms. The number of Topliss-reactive ketones (excluding diaryl/α,β-unsaturated/α-hetero) is 1. The van der Waals surface area contributed by atoms with Crippen molar-refractivity contribution in [2.24, 2.45) is 17.3 Å². The first-order chi connectivity index (χ1) is 11.3. The van der Waals surface area contributed by atoms with Gasteiger partial charge in [0.1, 0.15) is 0 Å². The zero-order valence-corrected chi connectivity index (χ0v) is 13.2. The molecule has 5 atom stereocenters. The fourth-order valence-corrected chi connectivity index (χ4v) is 5.40. The van der Waals surface area contributed by atoms with Crippen molar-refractivity contribution in [1.29, 1.82) is 0 Å². The van der Waals surface area contributed by atoms with Crippen LogP contribution in [0, 0.1) is 17.3 Å². The first-order valence-electron chi connectivity index (χ1n) is 8.79. The predicted molar refractivity (Wildman–Crippen MR) is 85.7 cm³/mol. The van der Waals surface area contributed by atoms with Gasteiger partial charge in [0.05, 0.1) is 24.7 Å². The van der Waals surface area contributed by atoms with E-state index in [2.05, 4.69) is 24.3 Å². The number of ether oxygens (including phenoxy) is 2. The van der Waals surface area contributed by atoms with Crippen LogP contribution in [0.4, 0.5) is 0 Å². The molecule has 2 saturated carbocycles. The summed E-state index contributed by atoms with van der Waals surface area (Å²) in [6.45, 7) is 1.20. The molecule has 1 aromatic carbocycles. The van der Waals surface area contributed by atoms with Crippen molar-refractivity contribution >= 4 is 5.78 Å². The minimum Gasteiger partial charge on any atom is -0.372 e. The van der Waals surface area contributed by atoms with Crippen LogP contribution in [0.2, 0.25) is 0 Å². The van der Waals surface area contributed by atoms with Crippen LogP contribution in [-0.4, -0.2) is 24.1 Å². The molecule has 2 bridgehead atoms. The molecule has 0 amide bonds. The van der Waals surface area contributed by atoms with Gasteiger partial charge < -0.3 is 9.47 Å². The zero-order valence-electron chi connectivity index (χ0n) is 13.2. The molecule has 0 N–H and O–H groups in total. The molecular formula is C20H22O3. The average molecular weight is 310 g/mol. The number of hydrogen-bond acceptors (Lipinski definition) is 3. The summed E-state index contributed by atoms with van der Waals surface area (Å²) in [5, 5.41) is 0. The van der Waals surface area contributed by atoms with Crippen LogP contribution in [0.15, 0.2) is 42.5 Å². The molecule has 1 heterocycles. The molecule has 3 nitrogen and oxygen atoms in total. The van der Waals surface area contributed by atoms with Gasteiger partial charge >= 0.3 is 0 Å². The number of ketones is 1. The summed E-state index contributed by atoms with van der Waals surface area (Å²) in [5.74, 6) is 0.927. The average Bonchev–Trinajstić information content (AvgIpc) is 3.40. The molecular weight excluding hydrogens is 288 g/mol. The Labute approximate surface area is 136 Å². The number of carbonyl (C=O) groups excluding carboxylic acids is 1. The lowest BCUT2D eigenvalue weighted by Gasteiger charge is -2.57. The Kier molecular flexibility index (Phi) is 2.90. The maximum absolute atomic E-state index is 12.8. The third-order valence-corrected chi connectivity index (χ3v) is 6.53. The van der Waals surface area contributed by atoms with Crippen LogP contribution in [0.5, 0.6) is 0 Å². The normalized spacial score (nSPS) is 43.7. The van der Waals surface area contributed by atoms with Gasteiger partial charge in [-0.15, -0.1) is 0 Å². The second kappa shape index (κ2) is 4.78. The summed E-state index contributed by atoms with van der Waals surface area (Å²) in [5.41, 5.74) is 0.416.